The lowest BCUT2D eigenvalue weighted by molar-refractivity contribution is -0.143. The molecule has 1 rings (SSSR count). The predicted molar refractivity (Wildman–Crippen MR) is 73.2 cm³/mol. The zero-order valence-electron chi connectivity index (χ0n) is 12.8. The van der Waals surface area contributed by atoms with Crippen LogP contribution in [0.2, 0.25) is 0 Å². The Balaban J connectivity index is 2.93. The average Bonchev–Trinajstić information content (AvgIpc) is 2.42. The average molecular weight is 358 g/mol. The number of nitrogens with two attached hydrogens (primary N) is 1. The second kappa shape index (κ2) is 7.29. The number of ether oxygens (including phenoxy) is 1. The lowest BCUT2D eigenvalue weighted by atomic mass is 10.1. The van der Waals surface area contributed by atoms with Gasteiger partial charge in [-0.15, -0.1) is 0 Å². The van der Waals surface area contributed by atoms with Crippen LogP contribution < -0.4 is 15.8 Å². The standard InChI is InChI=1S/C14H16F6N2O2/c1-7(22-12(23)8(2)21)6-24-11-4-9(13(15,16)17)3-10(5-11)14(18,19)20/h3-5,7-8H,6,21H2,1-2H3,(H,22,23). The van der Waals surface area contributed by atoms with Crippen LogP contribution in [0.1, 0.15) is 25.0 Å². The van der Waals surface area contributed by atoms with Gasteiger partial charge in [-0.3, -0.25) is 4.79 Å². The fourth-order valence-corrected chi connectivity index (χ4v) is 1.65. The number of carbonyl (C=O) groups excluding carboxylic acids is 1. The van der Waals surface area contributed by atoms with Gasteiger partial charge in [-0.1, -0.05) is 0 Å². The highest BCUT2D eigenvalue weighted by Gasteiger charge is 2.37. The van der Waals surface area contributed by atoms with Crippen LogP contribution in [-0.4, -0.2) is 24.6 Å². The van der Waals surface area contributed by atoms with Gasteiger partial charge in [0.05, 0.1) is 23.2 Å². The van der Waals surface area contributed by atoms with E-state index in [1.54, 1.807) is 0 Å². The van der Waals surface area contributed by atoms with Crippen molar-refractivity contribution in [2.24, 2.45) is 5.73 Å². The molecular formula is C14H16F6N2O2. The molecule has 1 amide bonds. The van der Waals surface area contributed by atoms with Crippen LogP contribution >= 0.6 is 0 Å². The molecule has 0 aromatic heterocycles. The smallest absolute Gasteiger partial charge is 0.416 e. The van der Waals surface area contributed by atoms with Crippen molar-refractivity contribution in [3.8, 4) is 5.75 Å². The van der Waals surface area contributed by atoms with Gasteiger partial charge in [0.1, 0.15) is 12.4 Å². The topological polar surface area (TPSA) is 64.3 Å². The molecular weight excluding hydrogens is 342 g/mol. The highest BCUT2D eigenvalue weighted by atomic mass is 19.4. The third kappa shape index (κ3) is 5.91. The molecule has 10 heteroatoms. The second-order valence-electron chi connectivity index (χ2n) is 5.25. The van der Waals surface area contributed by atoms with Crippen molar-refractivity contribution < 1.29 is 35.9 Å². The van der Waals surface area contributed by atoms with Crippen molar-refractivity contribution in [3.05, 3.63) is 29.3 Å². The lowest BCUT2D eigenvalue weighted by Gasteiger charge is -2.18. The van der Waals surface area contributed by atoms with Crippen LogP contribution in [0.15, 0.2) is 18.2 Å². The first kappa shape index (κ1) is 20.1. The van der Waals surface area contributed by atoms with E-state index in [0.29, 0.717) is 12.1 Å². The molecule has 0 aliphatic heterocycles. The zero-order valence-corrected chi connectivity index (χ0v) is 12.8. The molecule has 2 atom stereocenters. The summed E-state index contributed by atoms with van der Waals surface area (Å²) in [7, 11) is 0. The van der Waals surface area contributed by atoms with E-state index in [9.17, 15) is 31.1 Å². The number of amides is 1. The Bertz CT molecular complexity index is 551. The van der Waals surface area contributed by atoms with Crippen LogP contribution in [-0.2, 0) is 17.1 Å². The van der Waals surface area contributed by atoms with Gasteiger partial charge in [0.25, 0.3) is 0 Å². The molecule has 0 bridgehead atoms. The van der Waals surface area contributed by atoms with E-state index >= 15 is 0 Å². The van der Waals surface area contributed by atoms with Crippen LogP contribution in [0, 0.1) is 0 Å². The first-order valence-electron chi connectivity index (χ1n) is 6.79. The highest BCUT2D eigenvalue weighted by Crippen LogP contribution is 2.38. The van der Waals surface area contributed by atoms with E-state index in [4.69, 9.17) is 10.5 Å². The van der Waals surface area contributed by atoms with Crippen molar-refractivity contribution in [1.29, 1.82) is 0 Å². The Labute approximate surface area is 134 Å². The van der Waals surface area contributed by atoms with Crippen LogP contribution in [0.4, 0.5) is 26.3 Å². The maximum atomic E-state index is 12.7. The van der Waals surface area contributed by atoms with E-state index in [1.807, 2.05) is 0 Å². The molecule has 0 aliphatic carbocycles. The third-order valence-electron chi connectivity index (χ3n) is 2.86. The van der Waals surface area contributed by atoms with Crippen molar-refractivity contribution in [3.63, 3.8) is 0 Å². The highest BCUT2D eigenvalue weighted by molar-refractivity contribution is 5.81. The summed E-state index contributed by atoms with van der Waals surface area (Å²) >= 11 is 0. The Kier molecular flexibility index (Phi) is 6.09. The number of carbonyl (C=O) groups is 1. The van der Waals surface area contributed by atoms with Crippen LogP contribution in [0.25, 0.3) is 0 Å². The third-order valence-corrected chi connectivity index (χ3v) is 2.86. The number of nitrogens with one attached hydrogen (secondary N) is 1. The molecule has 136 valence electrons. The van der Waals surface area contributed by atoms with E-state index < -0.39 is 47.2 Å². The summed E-state index contributed by atoms with van der Waals surface area (Å²) in [5.41, 5.74) is 2.38. The molecule has 24 heavy (non-hydrogen) atoms. The molecule has 2 unspecified atom stereocenters. The van der Waals surface area contributed by atoms with Crippen molar-refractivity contribution in [2.75, 3.05) is 6.61 Å². The minimum absolute atomic E-state index is 0.00810. The number of halogens is 6. The van der Waals surface area contributed by atoms with Gasteiger partial charge in [-0.05, 0) is 32.0 Å². The first-order valence-corrected chi connectivity index (χ1v) is 6.79. The molecule has 0 aliphatic rings. The minimum Gasteiger partial charge on any atom is -0.491 e. The van der Waals surface area contributed by atoms with Crippen molar-refractivity contribution >= 4 is 5.91 Å². The molecule has 1 aromatic carbocycles. The number of rotatable bonds is 5. The Hall–Kier alpha value is -1.97. The summed E-state index contributed by atoms with van der Waals surface area (Å²) in [5, 5.41) is 2.41. The monoisotopic (exact) mass is 358 g/mol. The SMILES string of the molecule is CC(COc1cc(C(F)(F)F)cc(C(F)(F)F)c1)NC(=O)C(C)N. The largest absolute Gasteiger partial charge is 0.491 e. The summed E-state index contributed by atoms with van der Waals surface area (Å²) in [6.07, 6.45) is -9.90. The second-order valence-corrected chi connectivity index (χ2v) is 5.25. The fraction of sp³-hybridized carbons (Fsp3) is 0.500. The molecule has 3 N–H and O–H groups in total. The molecule has 4 nitrogen and oxygen atoms in total. The van der Waals surface area contributed by atoms with Gasteiger partial charge in [0, 0.05) is 0 Å². The van der Waals surface area contributed by atoms with E-state index in [1.165, 1.54) is 13.8 Å². The molecule has 0 saturated carbocycles. The number of hydrogen-bond donors (Lipinski definition) is 2. The quantitative estimate of drug-likeness (QED) is 0.796. The Morgan fingerprint density at radius 3 is 1.92 bits per heavy atom. The van der Waals surface area contributed by atoms with Gasteiger partial charge in [0.2, 0.25) is 5.91 Å². The van der Waals surface area contributed by atoms with Gasteiger partial charge >= 0.3 is 12.4 Å². The maximum Gasteiger partial charge on any atom is 0.416 e. The molecule has 0 radical (unpaired) electrons. The summed E-state index contributed by atoms with van der Waals surface area (Å²) in [4.78, 5) is 11.3. The Morgan fingerprint density at radius 2 is 1.54 bits per heavy atom. The van der Waals surface area contributed by atoms with Crippen LogP contribution in [0.3, 0.4) is 0 Å². The maximum absolute atomic E-state index is 12.7. The number of benzene rings is 1. The summed E-state index contributed by atoms with van der Waals surface area (Å²) in [6.45, 7) is 2.57. The predicted octanol–water partition coefficient (Wildman–Crippen LogP) is 2.95. The number of alkyl halides is 6. The summed E-state index contributed by atoms with van der Waals surface area (Å²) in [5.74, 6) is -1.12. The summed E-state index contributed by atoms with van der Waals surface area (Å²) < 4.78 is 81.2. The molecule has 0 spiro atoms. The van der Waals surface area contributed by atoms with E-state index in [-0.39, 0.29) is 12.7 Å². The van der Waals surface area contributed by atoms with Crippen molar-refractivity contribution in [2.45, 2.75) is 38.3 Å². The molecule has 0 heterocycles. The minimum atomic E-state index is -4.95. The van der Waals surface area contributed by atoms with Gasteiger partial charge in [0.15, 0.2) is 0 Å². The van der Waals surface area contributed by atoms with Gasteiger partial charge < -0.3 is 15.8 Å². The molecule has 0 saturated heterocycles. The molecule has 1 aromatic rings. The van der Waals surface area contributed by atoms with Crippen LogP contribution in [0.5, 0.6) is 5.75 Å². The first-order chi connectivity index (χ1) is 10.8. The van der Waals surface area contributed by atoms with E-state index in [2.05, 4.69) is 5.32 Å². The van der Waals surface area contributed by atoms with Gasteiger partial charge in [-0.25, -0.2) is 0 Å². The lowest BCUT2D eigenvalue weighted by Crippen LogP contribution is -2.44. The normalized spacial score (nSPS) is 14.9. The number of hydrogen-bond acceptors (Lipinski definition) is 3. The summed E-state index contributed by atoms with van der Waals surface area (Å²) in [6, 6.07) is -0.524. The van der Waals surface area contributed by atoms with Gasteiger partial charge in [-0.2, -0.15) is 26.3 Å². The van der Waals surface area contributed by atoms with Crippen molar-refractivity contribution in [1.82, 2.24) is 5.32 Å². The fourth-order valence-electron chi connectivity index (χ4n) is 1.65. The molecule has 0 fully saturated rings. The zero-order chi connectivity index (χ0) is 18.7. The van der Waals surface area contributed by atoms with E-state index in [0.717, 1.165) is 0 Å². The Morgan fingerprint density at radius 1 is 1.08 bits per heavy atom.